The molecule has 9 heteroatoms. The Balaban J connectivity index is 1.28. The minimum absolute atomic E-state index is 0.0641. The van der Waals surface area contributed by atoms with Gasteiger partial charge in [-0.2, -0.15) is 0 Å². The van der Waals surface area contributed by atoms with Gasteiger partial charge in [-0.15, -0.1) is 11.3 Å². The molecule has 176 valence electrons. The van der Waals surface area contributed by atoms with E-state index in [1.807, 2.05) is 50.0 Å². The van der Waals surface area contributed by atoms with Crippen molar-refractivity contribution in [1.82, 2.24) is 14.3 Å². The molecule has 0 aliphatic carbocycles. The second-order valence-corrected chi connectivity index (χ2v) is 8.91. The molecule has 2 aromatic heterocycles. The van der Waals surface area contributed by atoms with Crippen LogP contribution in [0.2, 0.25) is 0 Å². The SMILES string of the molecule is COc1ccc(-c2cn3c(CC(=O)N4CCN(c5ccccc5F)CC4)csc3n2)cc1OC. The number of hydrogen-bond acceptors (Lipinski definition) is 6. The summed E-state index contributed by atoms with van der Waals surface area (Å²) in [6.45, 7) is 2.36. The molecule has 0 saturated carbocycles. The number of hydrogen-bond donors (Lipinski definition) is 0. The highest BCUT2D eigenvalue weighted by Crippen LogP contribution is 2.33. The smallest absolute Gasteiger partial charge is 0.228 e. The number of fused-ring (bicyclic) bond motifs is 1. The first-order chi connectivity index (χ1) is 16.6. The molecule has 0 radical (unpaired) electrons. The third-order valence-electron chi connectivity index (χ3n) is 6.12. The van der Waals surface area contributed by atoms with Gasteiger partial charge in [0.2, 0.25) is 5.91 Å². The summed E-state index contributed by atoms with van der Waals surface area (Å²) in [4.78, 5) is 22.4. The van der Waals surface area contributed by atoms with Crippen LogP contribution < -0.4 is 14.4 Å². The Labute approximate surface area is 201 Å². The first kappa shape index (κ1) is 22.2. The Hall–Kier alpha value is -3.59. The van der Waals surface area contributed by atoms with Crippen molar-refractivity contribution in [2.75, 3.05) is 45.3 Å². The lowest BCUT2D eigenvalue weighted by molar-refractivity contribution is -0.130. The van der Waals surface area contributed by atoms with E-state index in [0.717, 1.165) is 21.9 Å². The van der Waals surface area contributed by atoms with Crippen molar-refractivity contribution in [1.29, 1.82) is 0 Å². The van der Waals surface area contributed by atoms with Crippen molar-refractivity contribution in [2.24, 2.45) is 0 Å². The summed E-state index contributed by atoms with van der Waals surface area (Å²) in [5.41, 5.74) is 3.21. The van der Waals surface area contributed by atoms with E-state index >= 15 is 0 Å². The third kappa shape index (κ3) is 4.19. The Bertz CT molecular complexity index is 1330. The Morgan fingerprint density at radius 1 is 1.06 bits per heavy atom. The molecule has 1 amide bonds. The van der Waals surface area contributed by atoms with Crippen LogP contribution in [0.4, 0.5) is 10.1 Å². The van der Waals surface area contributed by atoms with Gasteiger partial charge in [-0.3, -0.25) is 9.20 Å². The van der Waals surface area contributed by atoms with Crippen LogP contribution >= 0.6 is 11.3 Å². The molecule has 1 saturated heterocycles. The quantitative estimate of drug-likeness (QED) is 0.416. The van der Waals surface area contributed by atoms with Crippen LogP contribution in [0, 0.1) is 5.82 Å². The normalized spacial score (nSPS) is 14.0. The van der Waals surface area contributed by atoms with E-state index in [-0.39, 0.29) is 11.7 Å². The lowest BCUT2D eigenvalue weighted by Crippen LogP contribution is -2.49. The number of piperazine rings is 1. The molecule has 2 aromatic carbocycles. The van der Waals surface area contributed by atoms with Crippen LogP contribution in [-0.4, -0.2) is 60.6 Å². The minimum atomic E-state index is -0.228. The minimum Gasteiger partial charge on any atom is -0.493 e. The maximum Gasteiger partial charge on any atom is 0.228 e. The molecular weight excluding hydrogens is 455 g/mol. The number of benzene rings is 2. The van der Waals surface area contributed by atoms with Gasteiger partial charge in [0, 0.05) is 49.0 Å². The highest BCUT2D eigenvalue weighted by molar-refractivity contribution is 7.15. The number of amides is 1. The second kappa shape index (κ2) is 9.34. The number of nitrogens with zero attached hydrogens (tertiary/aromatic N) is 4. The molecular formula is C25H25FN4O3S. The Kier molecular flexibility index (Phi) is 6.10. The van der Waals surface area contributed by atoms with Crippen molar-refractivity contribution < 1.29 is 18.7 Å². The number of rotatable bonds is 6. The van der Waals surface area contributed by atoms with Gasteiger partial charge >= 0.3 is 0 Å². The van der Waals surface area contributed by atoms with Gasteiger partial charge in [0.25, 0.3) is 0 Å². The molecule has 7 nitrogen and oxygen atoms in total. The van der Waals surface area contributed by atoms with E-state index in [9.17, 15) is 9.18 Å². The van der Waals surface area contributed by atoms with Gasteiger partial charge in [-0.1, -0.05) is 12.1 Å². The number of halogens is 1. The van der Waals surface area contributed by atoms with E-state index in [1.165, 1.54) is 17.4 Å². The van der Waals surface area contributed by atoms with Gasteiger partial charge in [0.05, 0.1) is 32.0 Å². The van der Waals surface area contributed by atoms with Crippen LogP contribution in [0.15, 0.2) is 54.0 Å². The molecule has 1 aliphatic heterocycles. The van der Waals surface area contributed by atoms with Crippen molar-refractivity contribution >= 4 is 27.9 Å². The highest BCUT2D eigenvalue weighted by Gasteiger charge is 2.24. The molecule has 1 fully saturated rings. The zero-order valence-electron chi connectivity index (χ0n) is 19.0. The number of anilines is 1. The predicted octanol–water partition coefficient (Wildman–Crippen LogP) is 4.11. The van der Waals surface area contributed by atoms with Crippen molar-refractivity contribution in [3.05, 3.63) is 65.6 Å². The number of aromatic nitrogens is 2. The Morgan fingerprint density at radius 3 is 2.56 bits per heavy atom. The van der Waals surface area contributed by atoms with Crippen LogP contribution in [-0.2, 0) is 11.2 Å². The van der Waals surface area contributed by atoms with Gasteiger partial charge in [0.15, 0.2) is 16.5 Å². The van der Waals surface area contributed by atoms with Gasteiger partial charge < -0.3 is 19.3 Å². The molecule has 5 rings (SSSR count). The summed E-state index contributed by atoms with van der Waals surface area (Å²) in [6, 6.07) is 12.5. The zero-order valence-corrected chi connectivity index (χ0v) is 19.8. The first-order valence-corrected chi connectivity index (χ1v) is 11.9. The molecule has 0 unspecified atom stereocenters. The molecule has 1 aliphatic rings. The monoisotopic (exact) mass is 480 g/mol. The molecule has 0 spiro atoms. The first-order valence-electron chi connectivity index (χ1n) is 11.0. The van der Waals surface area contributed by atoms with Crippen LogP contribution in [0.1, 0.15) is 5.69 Å². The lowest BCUT2D eigenvalue weighted by atomic mass is 10.1. The van der Waals surface area contributed by atoms with E-state index in [2.05, 4.69) is 0 Å². The highest BCUT2D eigenvalue weighted by atomic mass is 32.1. The fraction of sp³-hybridized carbons (Fsp3) is 0.280. The van der Waals surface area contributed by atoms with Crippen molar-refractivity contribution in [3.63, 3.8) is 0 Å². The van der Waals surface area contributed by atoms with Crippen LogP contribution in [0.5, 0.6) is 11.5 Å². The van der Waals surface area contributed by atoms with Crippen molar-refractivity contribution in [3.8, 4) is 22.8 Å². The fourth-order valence-corrected chi connectivity index (χ4v) is 5.14. The number of ether oxygens (including phenoxy) is 2. The second-order valence-electron chi connectivity index (χ2n) is 8.07. The van der Waals surface area contributed by atoms with Gasteiger partial charge in [-0.25, -0.2) is 9.37 Å². The predicted molar refractivity (Wildman–Crippen MR) is 131 cm³/mol. The summed E-state index contributed by atoms with van der Waals surface area (Å²) in [5, 5.41) is 1.98. The summed E-state index contributed by atoms with van der Waals surface area (Å²) in [6.07, 6.45) is 2.24. The zero-order chi connectivity index (χ0) is 23.7. The number of carbonyl (C=O) groups excluding carboxylic acids is 1. The fourth-order valence-electron chi connectivity index (χ4n) is 4.26. The molecule has 0 bridgehead atoms. The lowest BCUT2D eigenvalue weighted by Gasteiger charge is -2.36. The van der Waals surface area contributed by atoms with Gasteiger partial charge in [0.1, 0.15) is 5.82 Å². The number of methoxy groups -OCH3 is 2. The van der Waals surface area contributed by atoms with Crippen LogP contribution in [0.3, 0.4) is 0 Å². The van der Waals surface area contributed by atoms with E-state index < -0.39 is 0 Å². The summed E-state index contributed by atoms with van der Waals surface area (Å²) < 4.78 is 26.8. The number of imidazole rings is 1. The molecule has 34 heavy (non-hydrogen) atoms. The number of carbonyl (C=O) groups is 1. The third-order valence-corrected chi connectivity index (χ3v) is 7.01. The maximum absolute atomic E-state index is 14.1. The topological polar surface area (TPSA) is 59.3 Å². The van der Waals surface area contributed by atoms with E-state index in [1.54, 1.807) is 26.4 Å². The summed E-state index contributed by atoms with van der Waals surface area (Å²) in [5.74, 6) is 1.14. The summed E-state index contributed by atoms with van der Waals surface area (Å²) in [7, 11) is 3.21. The molecule has 0 N–H and O–H groups in total. The standard InChI is InChI=1S/C25H25FN4O3S/c1-32-22-8-7-17(13-23(22)33-2)20-15-30-18(16-34-25(30)27-20)14-24(31)29-11-9-28(10-12-29)21-6-4-3-5-19(21)26/h3-8,13,15-16H,9-12,14H2,1-2H3. The number of thiazole rings is 1. The van der Waals surface area contributed by atoms with E-state index in [0.29, 0.717) is 49.8 Å². The van der Waals surface area contributed by atoms with Gasteiger partial charge in [-0.05, 0) is 30.3 Å². The molecule has 4 aromatic rings. The van der Waals surface area contributed by atoms with Crippen LogP contribution in [0.25, 0.3) is 16.2 Å². The maximum atomic E-state index is 14.1. The van der Waals surface area contributed by atoms with E-state index in [4.69, 9.17) is 14.5 Å². The molecule has 0 atom stereocenters. The average molecular weight is 481 g/mol. The van der Waals surface area contributed by atoms with Crippen molar-refractivity contribution in [2.45, 2.75) is 6.42 Å². The largest absolute Gasteiger partial charge is 0.493 e. The molecule has 3 heterocycles. The average Bonchev–Trinajstić information content (AvgIpc) is 3.46. The summed E-state index contributed by atoms with van der Waals surface area (Å²) >= 11 is 1.51. The Morgan fingerprint density at radius 2 is 1.82 bits per heavy atom. The number of para-hydroxylation sites is 1.